The maximum absolute atomic E-state index is 14.1. The fourth-order valence-corrected chi connectivity index (χ4v) is 5.42. The molecule has 0 amide bonds. The van der Waals surface area contributed by atoms with Crippen LogP contribution in [0.5, 0.6) is 11.6 Å². The number of rotatable bonds is 5. The van der Waals surface area contributed by atoms with E-state index in [1.165, 1.54) is 21.9 Å². The first kappa shape index (κ1) is 20.7. The van der Waals surface area contributed by atoms with Crippen LogP contribution in [0.1, 0.15) is 22.3 Å². The smallest absolute Gasteiger partial charge is 0.230 e. The van der Waals surface area contributed by atoms with Crippen LogP contribution in [0.4, 0.5) is 10.1 Å². The lowest BCUT2D eigenvalue weighted by atomic mass is 10.0. The zero-order valence-corrected chi connectivity index (χ0v) is 18.7. The van der Waals surface area contributed by atoms with Gasteiger partial charge in [-0.25, -0.2) is 9.37 Å². The summed E-state index contributed by atoms with van der Waals surface area (Å²) in [5.41, 5.74) is 1.95. The molecule has 0 saturated carbocycles. The Labute approximate surface area is 189 Å². The lowest BCUT2D eigenvalue weighted by Gasteiger charge is -2.40. The van der Waals surface area contributed by atoms with E-state index in [2.05, 4.69) is 32.0 Å². The van der Waals surface area contributed by atoms with Crippen molar-refractivity contribution in [2.24, 2.45) is 0 Å². The molecule has 2 aromatic carbocycles. The Bertz CT molecular complexity index is 1230. The van der Waals surface area contributed by atoms with Gasteiger partial charge in [0.05, 0.1) is 18.0 Å². The number of aryl methyl sites for hydroxylation is 1. The molecule has 0 spiro atoms. The van der Waals surface area contributed by atoms with Crippen molar-refractivity contribution >= 4 is 22.0 Å². The lowest BCUT2D eigenvalue weighted by Crippen LogP contribution is -2.47. The van der Waals surface area contributed by atoms with E-state index in [9.17, 15) is 9.50 Å². The largest absolute Gasteiger partial charge is 0.497 e. The number of halogens is 1. The van der Waals surface area contributed by atoms with Gasteiger partial charge in [-0.2, -0.15) is 4.52 Å². The molecule has 1 aliphatic heterocycles. The van der Waals surface area contributed by atoms with E-state index in [1.54, 1.807) is 26.2 Å². The number of aromatic nitrogens is 3. The molecule has 1 atom stereocenters. The number of benzene rings is 2. The second-order valence-corrected chi connectivity index (χ2v) is 8.83. The number of piperazine rings is 1. The van der Waals surface area contributed by atoms with Crippen LogP contribution in [0, 0.1) is 12.7 Å². The molecule has 1 aliphatic rings. The first-order valence-electron chi connectivity index (χ1n) is 10.5. The number of methoxy groups -OCH3 is 1. The Hall–Kier alpha value is -3.17. The first-order valence-corrected chi connectivity index (χ1v) is 11.3. The summed E-state index contributed by atoms with van der Waals surface area (Å²) >= 11 is 1.40. The molecule has 0 radical (unpaired) electrons. The first-order chi connectivity index (χ1) is 15.5. The fraction of sp³-hybridized carbons (Fsp3) is 0.304. The number of fused-ring (bicyclic) bond motifs is 1. The number of ether oxygens (including phenoxy) is 1. The molecular weight excluding hydrogens is 429 g/mol. The molecule has 4 aromatic rings. The van der Waals surface area contributed by atoms with Crippen molar-refractivity contribution in [3.8, 4) is 11.6 Å². The van der Waals surface area contributed by atoms with Crippen LogP contribution in [0.25, 0.3) is 4.96 Å². The zero-order valence-electron chi connectivity index (χ0n) is 17.9. The zero-order chi connectivity index (χ0) is 22.2. The molecule has 1 fully saturated rings. The standard InChI is InChI=1S/C23H24FN5O2S/c1-15-25-23-29(26-15)22(30)21(32-23)20(16-4-3-5-17(24)14-16)28-12-10-27(11-13-28)18-6-8-19(31-2)9-7-18/h3-9,14,20,30H,10-13H2,1-2H3/t20-/m1/s1. The summed E-state index contributed by atoms with van der Waals surface area (Å²) in [6.07, 6.45) is 0. The average Bonchev–Trinajstić information content (AvgIpc) is 3.31. The van der Waals surface area contributed by atoms with Crippen molar-refractivity contribution < 1.29 is 14.2 Å². The highest BCUT2D eigenvalue weighted by atomic mass is 32.1. The van der Waals surface area contributed by atoms with E-state index >= 15 is 0 Å². The van der Waals surface area contributed by atoms with Crippen LogP contribution in [-0.4, -0.2) is 57.9 Å². The van der Waals surface area contributed by atoms with Gasteiger partial charge >= 0.3 is 0 Å². The average molecular weight is 454 g/mol. The lowest BCUT2D eigenvalue weighted by molar-refractivity contribution is 0.211. The number of aromatic hydroxyl groups is 1. The molecule has 166 valence electrons. The minimum atomic E-state index is -0.292. The van der Waals surface area contributed by atoms with Crippen molar-refractivity contribution in [2.75, 3.05) is 38.2 Å². The van der Waals surface area contributed by atoms with Gasteiger partial charge in [-0.1, -0.05) is 23.5 Å². The molecule has 9 heteroatoms. The summed E-state index contributed by atoms with van der Waals surface area (Å²) in [5, 5.41) is 15.2. The van der Waals surface area contributed by atoms with Crippen LogP contribution >= 0.6 is 11.3 Å². The maximum Gasteiger partial charge on any atom is 0.230 e. The summed E-state index contributed by atoms with van der Waals surface area (Å²) in [6.45, 7) is 4.96. The molecule has 0 aliphatic carbocycles. The monoisotopic (exact) mass is 453 g/mol. The SMILES string of the molecule is COc1ccc(N2CCN([C@H](c3cccc(F)c3)c3sc4nc(C)nn4c3O)CC2)cc1. The van der Waals surface area contributed by atoms with Crippen LogP contribution in [-0.2, 0) is 0 Å². The van der Waals surface area contributed by atoms with Gasteiger partial charge in [0.25, 0.3) is 0 Å². The van der Waals surface area contributed by atoms with Gasteiger partial charge < -0.3 is 14.7 Å². The van der Waals surface area contributed by atoms with E-state index < -0.39 is 0 Å². The summed E-state index contributed by atoms with van der Waals surface area (Å²) < 4.78 is 20.9. The van der Waals surface area contributed by atoms with Gasteiger partial charge in [-0.3, -0.25) is 4.90 Å². The maximum atomic E-state index is 14.1. The Morgan fingerprint density at radius 3 is 2.50 bits per heavy atom. The molecule has 1 N–H and O–H groups in total. The molecule has 32 heavy (non-hydrogen) atoms. The summed E-state index contributed by atoms with van der Waals surface area (Å²) in [7, 11) is 1.66. The topological polar surface area (TPSA) is 66.1 Å². The van der Waals surface area contributed by atoms with Gasteiger partial charge in [-0.15, -0.1) is 5.10 Å². The van der Waals surface area contributed by atoms with Crippen molar-refractivity contribution in [2.45, 2.75) is 13.0 Å². The van der Waals surface area contributed by atoms with Crippen LogP contribution in [0.3, 0.4) is 0 Å². The van der Waals surface area contributed by atoms with Gasteiger partial charge in [0.1, 0.15) is 17.4 Å². The third-order valence-corrected chi connectivity index (χ3v) is 6.91. The fourth-order valence-electron chi connectivity index (χ4n) is 4.26. The van der Waals surface area contributed by atoms with Crippen molar-refractivity contribution in [3.63, 3.8) is 0 Å². The highest BCUT2D eigenvalue weighted by Crippen LogP contribution is 2.40. The third-order valence-electron chi connectivity index (χ3n) is 5.84. The van der Waals surface area contributed by atoms with E-state index in [4.69, 9.17) is 4.74 Å². The van der Waals surface area contributed by atoms with Gasteiger partial charge in [0, 0.05) is 31.9 Å². The normalized spacial score (nSPS) is 15.9. The molecule has 1 saturated heterocycles. The Morgan fingerprint density at radius 2 is 1.84 bits per heavy atom. The predicted octanol–water partition coefficient (Wildman–Crippen LogP) is 3.86. The number of anilines is 1. The van der Waals surface area contributed by atoms with Gasteiger partial charge in [0.15, 0.2) is 0 Å². The van der Waals surface area contributed by atoms with Crippen molar-refractivity contribution in [3.05, 3.63) is 70.6 Å². The minimum Gasteiger partial charge on any atom is -0.497 e. The molecule has 2 aromatic heterocycles. The van der Waals surface area contributed by atoms with E-state index in [0.717, 1.165) is 48.1 Å². The van der Waals surface area contributed by atoms with E-state index in [-0.39, 0.29) is 17.7 Å². The minimum absolute atomic E-state index is 0.0671. The Morgan fingerprint density at radius 1 is 1.09 bits per heavy atom. The molecule has 0 bridgehead atoms. The van der Waals surface area contributed by atoms with Gasteiger partial charge in [-0.05, 0) is 48.9 Å². The Kier molecular flexibility index (Phi) is 5.44. The molecular formula is C23H24FN5O2S. The summed E-state index contributed by atoms with van der Waals surface area (Å²) in [4.78, 5) is 10.4. The summed E-state index contributed by atoms with van der Waals surface area (Å²) in [5.74, 6) is 1.21. The number of nitrogens with zero attached hydrogens (tertiary/aromatic N) is 5. The molecule has 3 heterocycles. The quantitative estimate of drug-likeness (QED) is 0.495. The summed E-state index contributed by atoms with van der Waals surface area (Å²) in [6, 6.07) is 14.4. The molecule has 5 rings (SSSR count). The van der Waals surface area contributed by atoms with Gasteiger partial charge in [0.2, 0.25) is 10.8 Å². The van der Waals surface area contributed by atoms with E-state index in [0.29, 0.717) is 10.8 Å². The van der Waals surface area contributed by atoms with Crippen LogP contribution in [0.15, 0.2) is 48.5 Å². The second-order valence-electron chi connectivity index (χ2n) is 7.82. The number of hydrogen-bond donors (Lipinski definition) is 1. The number of hydrogen-bond acceptors (Lipinski definition) is 7. The second kappa shape index (κ2) is 8.40. The van der Waals surface area contributed by atoms with E-state index in [1.807, 2.05) is 18.2 Å². The third kappa shape index (κ3) is 3.78. The molecule has 0 unspecified atom stereocenters. The molecule has 7 nitrogen and oxygen atoms in total. The number of thiazole rings is 1. The van der Waals surface area contributed by atoms with Crippen molar-refractivity contribution in [1.29, 1.82) is 0 Å². The Balaban J connectivity index is 1.44. The predicted molar refractivity (Wildman–Crippen MR) is 122 cm³/mol. The highest BCUT2D eigenvalue weighted by molar-refractivity contribution is 7.17. The van der Waals surface area contributed by atoms with Crippen molar-refractivity contribution in [1.82, 2.24) is 19.5 Å². The van der Waals surface area contributed by atoms with Crippen LogP contribution < -0.4 is 9.64 Å². The van der Waals surface area contributed by atoms with Crippen LogP contribution in [0.2, 0.25) is 0 Å². The highest BCUT2D eigenvalue weighted by Gasteiger charge is 2.32.